The van der Waals surface area contributed by atoms with Gasteiger partial charge in [-0.25, -0.2) is 0 Å². The molecule has 3 fully saturated rings. The van der Waals surface area contributed by atoms with Crippen LogP contribution in [0.15, 0.2) is 65.8 Å². The van der Waals surface area contributed by atoms with E-state index >= 15 is 0 Å². The maximum Gasteiger partial charge on any atom is 0.254 e. The molecule has 2 amide bonds. The van der Waals surface area contributed by atoms with E-state index in [0.717, 1.165) is 22.6 Å². The van der Waals surface area contributed by atoms with Crippen molar-refractivity contribution in [2.45, 2.75) is 13.0 Å². The predicted octanol–water partition coefficient (Wildman–Crippen LogP) is 4.31. The minimum absolute atomic E-state index is 0.143. The van der Waals surface area contributed by atoms with Crippen molar-refractivity contribution in [1.82, 2.24) is 5.01 Å². The molecule has 6 atom stereocenters. The first kappa shape index (κ1) is 18.8. The summed E-state index contributed by atoms with van der Waals surface area (Å²) in [5, 5.41) is 6.05. The zero-order valence-corrected chi connectivity index (χ0v) is 17.5. The molecular weight excluding hydrogens is 412 g/mol. The molecule has 5 aliphatic rings. The third-order valence-electron chi connectivity index (χ3n) is 7.19. The van der Waals surface area contributed by atoms with Crippen molar-refractivity contribution < 1.29 is 14.3 Å². The summed E-state index contributed by atoms with van der Waals surface area (Å²) in [6, 6.07) is 14.9. The van der Waals surface area contributed by atoms with E-state index in [-0.39, 0.29) is 35.5 Å². The van der Waals surface area contributed by atoms with Crippen LogP contribution in [0.5, 0.6) is 5.75 Å². The standard InChI is InChI=1S/C25H21ClN2O3/c26-21-4-2-1-3-15(21)13-31-16-7-5-14(6-8-16)12-27-28-24(29)22-17-9-10-18(20-11-19(17)20)23(22)25(28)30/h1-10,12,17-20,22-23H,11,13H2/b27-12-/t17-,18-,19-,20+,22+,23-/m1/s1. The summed E-state index contributed by atoms with van der Waals surface area (Å²) in [7, 11) is 0. The zero-order valence-electron chi connectivity index (χ0n) is 16.7. The number of halogens is 1. The Kier molecular flexibility index (Phi) is 4.29. The minimum Gasteiger partial charge on any atom is -0.489 e. The van der Waals surface area contributed by atoms with Crippen LogP contribution in [-0.4, -0.2) is 23.0 Å². The number of allylic oxidation sites excluding steroid dienone is 2. The van der Waals surface area contributed by atoms with Gasteiger partial charge in [0, 0.05) is 10.6 Å². The van der Waals surface area contributed by atoms with Gasteiger partial charge in [-0.1, -0.05) is 42.0 Å². The van der Waals surface area contributed by atoms with Crippen LogP contribution in [0.4, 0.5) is 0 Å². The van der Waals surface area contributed by atoms with Gasteiger partial charge in [0.25, 0.3) is 11.8 Å². The molecule has 2 aromatic carbocycles. The van der Waals surface area contributed by atoms with Gasteiger partial charge in [0.2, 0.25) is 0 Å². The molecular formula is C25H21ClN2O3. The fourth-order valence-electron chi connectivity index (χ4n) is 5.61. The molecule has 2 bridgehead atoms. The summed E-state index contributed by atoms with van der Waals surface area (Å²) in [6.07, 6.45) is 7.06. The third kappa shape index (κ3) is 3.02. The van der Waals surface area contributed by atoms with Crippen LogP contribution in [0.2, 0.25) is 5.02 Å². The van der Waals surface area contributed by atoms with Gasteiger partial charge in [0.05, 0.1) is 18.1 Å². The number of hydrazone groups is 1. The van der Waals surface area contributed by atoms with E-state index in [1.807, 2.05) is 48.5 Å². The molecule has 31 heavy (non-hydrogen) atoms. The number of carbonyl (C=O) groups excluding carboxylic acids is 2. The molecule has 0 spiro atoms. The van der Waals surface area contributed by atoms with Crippen molar-refractivity contribution in [3.63, 3.8) is 0 Å². The molecule has 1 heterocycles. The first-order valence-electron chi connectivity index (χ1n) is 10.7. The maximum absolute atomic E-state index is 13.0. The lowest BCUT2D eigenvalue weighted by atomic mass is 9.63. The van der Waals surface area contributed by atoms with Gasteiger partial charge in [-0.3, -0.25) is 9.59 Å². The Morgan fingerprint density at radius 3 is 2.26 bits per heavy atom. The van der Waals surface area contributed by atoms with E-state index in [0.29, 0.717) is 29.2 Å². The molecule has 4 aliphatic carbocycles. The highest BCUT2D eigenvalue weighted by Gasteiger charge is 2.67. The normalized spacial score (nSPS) is 32.5. The number of hydrogen-bond acceptors (Lipinski definition) is 4. The van der Waals surface area contributed by atoms with E-state index in [1.165, 1.54) is 0 Å². The summed E-state index contributed by atoms with van der Waals surface area (Å²) in [6.45, 7) is 0.380. The topological polar surface area (TPSA) is 59.0 Å². The van der Waals surface area contributed by atoms with Gasteiger partial charge in [0.15, 0.2) is 0 Å². The summed E-state index contributed by atoms with van der Waals surface area (Å²) in [5.41, 5.74) is 1.72. The Hall–Kier alpha value is -2.92. The quantitative estimate of drug-likeness (QED) is 0.402. The van der Waals surface area contributed by atoms with Gasteiger partial charge in [0.1, 0.15) is 12.4 Å². The second kappa shape index (κ2) is 7.06. The SMILES string of the molecule is O=C1[C@@H]2[C@@H]3C=C[C@H]([C@H]4C[C@@H]34)[C@@H]2C(=O)N1/N=C\c1ccc(OCc2ccccc2Cl)cc1. The first-order chi connectivity index (χ1) is 15.1. The number of rotatable bonds is 5. The summed E-state index contributed by atoms with van der Waals surface area (Å²) < 4.78 is 5.79. The molecule has 0 N–H and O–H groups in total. The molecule has 0 radical (unpaired) electrons. The molecule has 6 heteroatoms. The van der Waals surface area contributed by atoms with Crippen molar-refractivity contribution in [2.75, 3.05) is 0 Å². The molecule has 0 unspecified atom stereocenters. The molecule has 7 rings (SSSR count). The van der Waals surface area contributed by atoms with Crippen molar-refractivity contribution in [2.24, 2.45) is 40.6 Å². The van der Waals surface area contributed by atoms with E-state index in [1.54, 1.807) is 6.21 Å². The molecule has 2 aromatic rings. The average Bonchev–Trinajstić information content (AvgIpc) is 3.57. The second-order valence-corrected chi connectivity index (χ2v) is 9.24. The van der Waals surface area contributed by atoms with Crippen LogP contribution in [0.3, 0.4) is 0 Å². The number of benzene rings is 2. The fourth-order valence-corrected chi connectivity index (χ4v) is 5.80. The highest BCUT2D eigenvalue weighted by molar-refractivity contribution is 6.31. The van der Waals surface area contributed by atoms with Gasteiger partial charge < -0.3 is 4.74 Å². The number of hydrogen-bond donors (Lipinski definition) is 0. The van der Waals surface area contributed by atoms with Crippen LogP contribution in [0.1, 0.15) is 17.5 Å². The average molecular weight is 433 g/mol. The number of ether oxygens (including phenoxy) is 1. The monoisotopic (exact) mass is 432 g/mol. The predicted molar refractivity (Wildman–Crippen MR) is 116 cm³/mol. The van der Waals surface area contributed by atoms with Crippen molar-refractivity contribution in [1.29, 1.82) is 0 Å². The van der Waals surface area contributed by atoms with E-state index < -0.39 is 0 Å². The van der Waals surface area contributed by atoms with Gasteiger partial charge in [-0.2, -0.15) is 10.1 Å². The van der Waals surface area contributed by atoms with E-state index in [4.69, 9.17) is 16.3 Å². The largest absolute Gasteiger partial charge is 0.489 e. The molecule has 2 saturated carbocycles. The van der Waals surface area contributed by atoms with Crippen molar-refractivity contribution >= 4 is 29.6 Å². The summed E-state index contributed by atoms with van der Waals surface area (Å²) >= 11 is 6.16. The Labute approximate surface area is 185 Å². The number of nitrogens with zero attached hydrogens (tertiary/aromatic N) is 2. The fraction of sp³-hybridized carbons (Fsp3) is 0.320. The van der Waals surface area contributed by atoms with Gasteiger partial charge >= 0.3 is 0 Å². The summed E-state index contributed by atoms with van der Waals surface area (Å²) in [5.74, 6) is 1.60. The van der Waals surface area contributed by atoms with Crippen LogP contribution >= 0.6 is 11.6 Å². The van der Waals surface area contributed by atoms with Crippen molar-refractivity contribution in [3.8, 4) is 5.75 Å². The first-order valence-corrected chi connectivity index (χ1v) is 11.1. The number of amides is 2. The number of imide groups is 1. The van der Waals surface area contributed by atoms with E-state index in [9.17, 15) is 9.59 Å². The van der Waals surface area contributed by atoms with Crippen molar-refractivity contribution in [3.05, 3.63) is 76.8 Å². The Balaban J connectivity index is 1.13. The van der Waals surface area contributed by atoms with Crippen LogP contribution < -0.4 is 4.74 Å². The highest BCUT2D eigenvalue weighted by atomic mass is 35.5. The smallest absolute Gasteiger partial charge is 0.254 e. The second-order valence-electron chi connectivity index (χ2n) is 8.84. The van der Waals surface area contributed by atoms with Crippen LogP contribution in [-0.2, 0) is 16.2 Å². The summed E-state index contributed by atoms with van der Waals surface area (Å²) in [4.78, 5) is 25.9. The lowest BCUT2D eigenvalue weighted by molar-refractivity contribution is -0.140. The van der Waals surface area contributed by atoms with Crippen LogP contribution in [0.25, 0.3) is 0 Å². The Morgan fingerprint density at radius 2 is 1.61 bits per heavy atom. The lowest BCUT2D eigenvalue weighted by Gasteiger charge is -2.37. The van der Waals surface area contributed by atoms with Gasteiger partial charge in [-0.05, 0) is 66.0 Å². The van der Waals surface area contributed by atoms with E-state index in [2.05, 4.69) is 17.3 Å². The Morgan fingerprint density at radius 1 is 0.968 bits per heavy atom. The Bertz CT molecular complexity index is 1090. The maximum atomic E-state index is 13.0. The number of carbonyl (C=O) groups is 2. The highest BCUT2D eigenvalue weighted by Crippen LogP contribution is 2.65. The molecule has 1 saturated heterocycles. The van der Waals surface area contributed by atoms with Gasteiger partial charge in [-0.15, -0.1) is 0 Å². The third-order valence-corrected chi connectivity index (χ3v) is 7.56. The lowest BCUT2D eigenvalue weighted by Crippen LogP contribution is -2.40. The zero-order chi connectivity index (χ0) is 21.1. The molecule has 1 aliphatic heterocycles. The molecule has 156 valence electrons. The molecule has 5 nitrogen and oxygen atoms in total. The molecule has 0 aromatic heterocycles. The minimum atomic E-state index is -0.219. The van der Waals surface area contributed by atoms with Crippen LogP contribution in [0, 0.1) is 35.5 Å².